The van der Waals surface area contributed by atoms with Crippen molar-refractivity contribution >= 4 is 22.6 Å². The first kappa shape index (κ1) is 12.0. The first-order chi connectivity index (χ1) is 6.58. The van der Waals surface area contributed by atoms with Gasteiger partial charge in [0.15, 0.2) is 0 Å². The highest BCUT2D eigenvalue weighted by Crippen LogP contribution is 2.07. The molecule has 2 heteroatoms. The lowest BCUT2D eigenvalue weighted by molar-refractivity contribution is -0.712. The molecule has 0 aliphatic rings. The number of benzene rings is 1. The van der Waals surface area contributed by atoms with Crippen LogP contribution in [0.5, 0.6) is 0 Å². The van der Waals surface area contributed by atoms with Crippen LogP contribution < -0.4 is 5.32 Å². The Morgan fingerprint density at radius 1 is 1.14 bits per heavy atom. The zero-order chi connectivity index (χ0) is 10.6. The van der Waals surface area contributed by atoms with Crippen LogP contribution >= 0.6 is 22.6 Å². The second kappa shape index (κ2) is 5.71. The molecule has 78 valence electrons. The predicted octanol–water partition coefficient (Wildman–Crippen LogP) is 2.19. The van der Waals surface area contributed by atoms with Crippen molar-refractivity contribution < 1.29 is 5.32 Å². The molecule has 0 heterocycles. The summed E-state index contributed by atoms with van der Waals surface area (Å²) in [6.07, 6.45) is 1.16. The molecule has 14 heavy (non-hydrogen) atoms. The Labute approximate surface area is 100 Å². The first-order valence-corrected chi connectivity index (χ1v) is 6.25. The molecule has 1 aromatic rings. The number of quaternary nitrogens is 1. The van der Waals surface area contributed by atoms with Crippen molar-refractivity contribution in [2.75, 3.05) is 0 Å². The van der Waals surface area contributed by atoms with Crippen LogP contribution in [0.3, 0.4) is 0 Å². The van der Waals surface area contributed by atoms with E-state index in [0.717, 1.165) is 6.42 Å². The summed E-state index contributed by atoms with van der Waals surface area (Å²) in [6.45, 7) is 6.77. The number of halogens is 1. The molecule has 0 unspecified atom stereocenters. The topological polar surface area (TPSA) is 16.6 Å². The van der Waals surface area contributed by atoms with E-state index in [9.17, 15) is 0 Å². The first-order valence-electron chi connectivity index (χ1n) is 5.17. The summed E-state index contributed by atoms with van der Waals surface area (Å²) in [6, 6.07) is 10.2. The van der Waals surface area contributed by atoms with Crippen molar-refractivity contribution in [2.45, 2.75) is 39.3 Å². The smallest absolute Gasteiger partial charge is 0.0873 e. The van der Waals surface area contributed by atoms with Crippen LogP contribution in [0, 0.1) is 3.57 Å². The molecular weight excluding hydrogens is 285 g/mol. The lowest BCUT2D eigenvalue weighted by atomic mass is 10.1. The fraction of sp³-hybridized carbons (Fsp3) is 0.500. The van der Waals surface area contributed by atoms with Crippen LogP contribution in [0.25, 0.3) is 0 Å². The van der Waals surface area contributed by atoms with Gasteiger partial charge in [-0.25, -0.2) is 0 Å². The second-order valence-electron chi connectivity index (χ2n) is 4.24. The van der Waals surface area contributed by atoms with Gasteiger partial charge < -0.3 is 5.32 Å². The van der Waals surface area contributed by atoms with Gasteiger partial charge in [0.05, 0.1) is 12.1 Å². The minimum absolute atomic E-state index is 0.676. The average molecular weight is 304 g/mol. The van der Waals surface area contributed by atoms with E-state index in [1.807, 2.05) is 0 Å². The monoisotopic (exact) mass is 304 g/mol. The van der Waals surface area contributed by atoms with Gasteiger partial charge in [0.2, 0.25) is 0 Å². The highest BCUT2D eigenvalue weighted by molar-refractivity contribution is 14.1. The molecule has 0 bridgehead atoms. The molecule has 0 fully saturated rings. The van der Waals surface area contributed by atoms with Gasteiger partial charge >= 0.3 is 0 Å². The third-order valence-electron chi connectivity index (χ3n) is 2.18. The molecule has 0 radical (unpaired) electrons. The van der Waals surface area contributed by atoms with E-state index in [1.165, 1.54) is 9.13 Å². The van der Waals surface area contributed by atoms with Crippen LogP contribution in [0.15, 0.2) is 24.3 Å². The standard InChI is InChI=1S/C12H18IN/c1-9(2)14-10(3)8-11-4-6-12(13)7-5-11/h4-7,9-10,14H,8H2,1-3H3/p+1/t10-/m0/s1. The van der Waals surface area contributed by atoms with Gasteiger partial charge in [-0.1, -0.05) is 12.1 Å². The molecule has 1 nitrogen and oxygen atoms in total. The van der Waals surface area contributed by atoms with E-state index in [1.54, 1.807) is 0 Å². The summed E-state index contributed by atoms with van der Waals surface area (Å²) in [5, 5.41) is 2.41. The number of rotatable bonds is 4. The molecule has 2 N–H and O–H groups in total. The zero-order valence-electron chi connectivity index (χ0n) is 9.13. The molecule has 0 aliphatic heterocycles. The van der Waals surface area contributed by atoms with Crippen molar-refractivity contribution in [3.05, 3.63) is 33.4 Å². The van der Waals surface area contributed by atoms with Crippen LogP contribution in [-0.4, -0.2) is 12.1 Å². The number of hydrogen-bond donors (Lipinski definition) is 1. The highest BCUT2D eigenvalue weighted by Gasteiger charge is 2.07. The summed E-state index contributed by atoms with van der Waals surface area (Å²) >= 11 is 2.34. The molecule has 0 saturated heterocycles. The van der Waals surface area contributed by atoms with E-state index in [4.69, 9.17) is 0 Å². The van der Waals surface area contributed by atoms with E-state index >= 15 is 0 Å². The van der Waals surface area contributed by atoms with E-state index in [0.29, 0.717) is 12.1 Å². The number of hydrogen-bond acceptors (Lipinski definition) is 0. The van der Waals surface area contributed by atoms with E-state index in [2.05, 4.69) is 72.9 Å². The Kier molecular flexibility index (Phi) is 4.89. The fourth-order valence-corrected chi connectivity index (χ4v) is 2.08. The Hall–Kier alpha value is -0.0900. The molecule has 1 aromatic carbocycles. The van der Waals surface area contributed by atoms with Gasteiger partial charge in [-0.3, -0.25) is 0 Å². The molecule has 1 atom stereocenters. The summed E-state index contributed by atoms with van der Waals surface area (Å²) < 4.78 is 1.31. The van der Waals surface area contributed by atoms with Gasteiger partial charge in [-0.15, -0.1) is 0 Å². The van der Waals surface area contributed by atoms with Crippen LogP contribution in [0.2, 0.25) is 0 Å². The van der Waals surface area contributed by atoms with E-state index in [-0.39, 0.29) is 0 Å². The highest BCUT2D eigenvalue weighted by atomic mass is 127. The summed E-state index contributed by atoms with van der Waals surface area (Å²) in [7, 11) is 0. The molecule has 0 aromatic heterocycles. The van der Waals surface area contributed by atoms with Gasteiger partial charge in [0, 0.05) is 9.99 Å². The summed E-state index contributed by atoms with van der Waals surface area (Å²) in [4.78, 5) is 0. The lowest BCUT2D eigenvalue weighted by Gasteiger charge is -2.13. The molecule has 0 aliphatic carbocycles. The van der Waals surface area contributed by atoms with Gasteiger partial charge in [0.1, 0.15) is 0 Å². The third kappa shape index (κ3) is 4.42. The summed E-state index contributed by atoms with van der Waals surface area (Å²) in [5.41, 5.74) is 1.44. The maximum atomic E-state index is 2.41. The van der Waals surface area contributed by atoms with Gasteiger partial charge in [-0.05, 0) is 61.1 Å². The third-order valence-corrected chi connectivity index (χ3v) is 2.90. The largest absolute Gasteiger partial charge is 0.342 e. The van der Waals surface area contributed by atoms with Gasteiger partial charge in [-0.2, -0.15) is 0 Å². The second-order valence-corrected chi connectivity index (χ2v) is 5.49. The minimum atomic E-state index is 0.676. The Balaban J connectivity index is 2.47. The Bertz CT molecular complexity index is 266. The van der Waals surface area contributed by atoms with Crippen LogP contribution in [-0.2, 0) is 6.42 Å². The fourth-order valence-electron chi connectivity index (χ4n) is 1.72. The molecule has 0 saturated carbocycles. The molecule has 0 spiro atoms. The van der Waals surface area contributed by atoms with Crippen molar-refractivity contribution in [1.82, 2.24) is 0 Å². The zero-order valence-corrected chi connectivity index (χ0v) is 11.3. The maximum absolute atomic E-state index is 2.41. The minimum Gasteiger partial charge on any atom is -0.342 e. The van der Waals surface area contributed by atoms with Crippen molar-refractivity contribution in [3.8, 4) is 0 Å². The molecular formula is C12H19IN+. The van der Waals surface area contributed by atoms with Crippen molar-refractivity contribution in [2.24, 2.45) is 0 Å². The molecule has 0 amide bonds. The normalized spacial score (nSPS) is 13.2. The predicted molar refractivity (Wildman–Crippen MR) is 69.4 cm³/mol. The Morgan fingerprint density at radius 2 is 1.71 bits per heavy atom. The van der Waals surface area contributed by atoms with Crippen LogP contribution in [0.1, 0.15) is 26.3 Å². The quantitative estimate of drug-likeness (QED) is 0.821. The average Bonchev–Trinajstić information content (AvgIpc) is 2.07. The van der Waals surface area contributed by atoms with Crippen LogP contribution in [0.4, 0.5) is 0 Å². The van der Waals surface area contributed by atoms with Crippen molar-refractivity contribution in [3.63, 3.8) is 0 Å². The number of nitrogens with two attached hydrogens (primary N) is 1. The maximum Gasteiger partial charge on any atom is 0.0873 e. The van der Waals surface area contributed by atoms with Gasteiger partial charge in [0.25, 0.3) is 0 Å². The summed E-state index contributed by atoms with van der Waals surface area (Å²) in [5.74, 6) is 0. The SMILES string of the molecule is CC(C)[NH2+][C@@H](C)Cc1ccc(I)cc1. The van der Waals surface area contributed by atoms with E-state index < -0.39 is 0 Å². The Morgan fingerprint density at radius 3 is 2.21 bits per heavy atom. The molecule has 1 rings (SSSR count). The van der Waals surface area contributed by atoms with Crippen molar-refractivity contribution in [1.29, 1.82) is 0 Å². The lowest BCUT2D eigenvalue weighted by Crippen LogP contribution is -2.93.